The molecule has 0 saturated carbocycles. The van der Waals surface area contributed by atoms with E-state index in [1.807, 2.05) is 4.90 Å². The predicted octanol–water partition coefficient (Wildman–Crippen LogP) is 5.85. The number of morpholine rings is 1. The Morgan fingerprint density at radius 3 is 2.19 bits per heavy atom. The number of piperazine rings is 1. The lowest BCUT2D eigenvalue weighted by atomic mass is 9.80. The van der Waals surface area contributed by atoms with Gasteiger partial charge in [-0.05, 0) is 60.0 Å². The first-order chi connectivity index (χ1) is 21.9. The number of hydrogen-bond acceptors (Lipinski definition) is 7. The summed E-state index contributed by atoms with van der Waals surface area (Å²) < 4.78 is 102. The number of alkyl halides is 6. The Morgan fingerprint density at radius 2 is 1.60 bits per heavy atom. The van der Waals surface area contributed by atoms with Crippen molar-refractivity contribution in [3.63, 3.8) is 0 Å². The second-order valence-electron chi connectivity index (χ2n) is 12.7. The number of rotatable bonds is 7. The van der Waals surface area contributed by atoms with Crippen LogP contribution in [0.1, 0.15) is 36.1 Å². The number of pyridine rings is 1. The van der Waals surface area contributed by atoms with Crippen LogP contribution in [0.3, 0.4) is 0 Å². The van der Waals surface area contributed by atoms with E-state index in [1.54, 1.807) is 19.1 Å². The molecule has 47 heavy (non-hydrogen) atoms. The van der Waals surface area contributed by atoms with Crippen LogP contribution in [0.2, 0.25) is 0 Å². The molecule has 3 heterocycles. The monoisotopic (exact) mass is 670 g/mol. The summed E-state index contributed by atoms with van der Waals surface area (Å²) in [6.07, 6.45) is -10.3. The second kappa shape index (κ2) is 12.9. The van der Waals surface area contributed by atoms with E-state index in [-0.39, 0.29) is 30.3 Å². The van der Waals surface area contributed by atoms with Gasteiger partial charge in [-0.2, -0.15) is 26.3 Å². The van der Waals surface area contributed by atoms with Crippen LogP contribution < -0.4 is 9.80 Å². The Labute approximate surface area is 268 Å². The zero-order valence-electron chi connectivity index (χ0n) is 26.3. The molecule has 0 radical (unpaired) electrons. The van der Waals surface area contributed by atoms with E-state index in [0.29, 0.717) is 66.6 Å². The number of likely N-dealkylation sites (N-methyl/N-ethyl adjacent to an activating group) is 1. The van der Waals surface area contributed by atoms with Crippen LogP contribution in [0.25, 0.3) is 11.1 Å². The van der Waals surface area contributed by atoms with Crippen LogP contribution >= 0.6 is 0 Å². The summed E-state index contributed by atoms with van der Waals surface area (Å²) in [7, 11) is 1.46. The Morgan fingerprint density at radius 1 is 0.957 bits per heavy atom. The lowest BCUT2D eigenvalue weighted by molar-refractivity contribution is -0.143. The van der Waals surface area contributed by atoms with Gasteiger partial charge in [-0.15, -0.1) is 0 Å². The van der Waals surface area contributed by atoms with Crippen LogP contribution in [0.4, 0.5) is 42.2 Å². The molecule has 2 aliphatic rings. The zero-order valence-corrected chi connectivity index (χ0v) is 26.3. The van der Waals surface area contributed by atoms with Crippen molar-refractivity contribution in [3.05, 3.63) is 76.7 Å². The molecule has 2 aliphatic heterocycles. The Bertz CT molecular complexity index is 1570. The van der Waals surface area contributed by atoms with Crippen molar-refractivity contribution in [2.45, 2.75) is 56.9 Å². The predicted molar refractivity (Wildman–Crippen MR) is 163 cm³/mol. The van der Waals surface area contributed by atoms with Crippen LogP contribution in [0.5, 0.6) is 0 Å². The number of aryl methyl sites for hydroxylation is 1. The summed E-state index contributed by atoms with van der Waals surface area (Å²) in [6, 6.07) is 6.92. The molecule has 0 amide bonds. The van der Waals surface area contributed by atoms with Gasteiger partial charge in [-0.1, -0.05) is 19.9 Å². The number of hydrogen-bond donors (Lipinski definition) is 2. The van der Waals surface area contributed by atoms with Gasteiger partial charge in [0.05, 0.1) is 54.9 Å². The molecule has 1 aromatic heterocycles. The molecule has 3 atom stereocenters. The SMILES string of the molecule is Cc1cc(F)ccc1-c1cc(N2C[C@H]3COCCN3C[C@H]2CO)ncc1N(C)C(O)C(C)(C)c1cc(C(F)(F)F)cc(C(F)(F)F)c1. The number of fused-ring (bicyclic) bond motifs is 1. The highest BCUT2D eigenvalue weighted by atomic mass is 19.4. The van der Waals surface area contributed by atoms with Gasteiger partial charge >= 0.3 is 12.4 Å². The standard InChI is InChI=1S/C33H37F7N4O3/c1-19-9-23(34)5-6-26(19)27-13-29(44-16-25-18-47-8-7-43(25)15-24(44)17-45)41-14-28(27)42(4)30(46)31(2,3)20-10-21(32(35,36)37)12-22(11-20)33(38,39)40/h5-6,9-14,24-25,30,45-46H,7-8,15-18H2,1-4H3/t24-,25-,30?/m0/s1. The summed E-state index contributed by atoms with van der Waals surface area (Å²) >= 11 is 0. The van der Waals surface area contributed by atoms with E-state index in [4.69, 9.17) is 4.74 Å². The first-order valence-electron chi connectivity index (χ1n) is 15.1. The molecule has 7 nitrogen and oxygen atoms in total. The first kappa shape index (κ1) is 34.9. The topological polar surface area (TPSA) is 72.3 Å². The maximum atomic E-state index is 14.2. The summed E-state index contributed by atoms with van der Waals surface area (Å²) in [6.45, 7) is 7.16. The highest BCUT2D eigenvalue weighted by molar-refractivity contribution is 5.82. The smallest absolute Gasteiger partial charge is 0.394 e. The van der Waals surface area contributed by atoms with Crippen molar-refractivity contribution >= 4 is 11.5 Å². The zero-order chi connectivity index (χ0) is 34.5. The highest BCUT2D eigenvalue weighted by Crippen LogP contribution is 2.42. The van der Waals surface area contributed by atoms with Gasteiger partial charge < -0.3 is 24.7 Å². The number of aliphatic hydroxyl groups is 2. The van der Waals surface area contributed by atoms with Gasteiger partial charge in [0.2, 0.25) is 0 Å². The number of ether oxygens (including phenoxy) is 1. The van der Waals surface area contributed by atoms with Crippen molar-refractivity contribution in [3.8, 4) is 11.1 Å². The maximum Gasteiger partial charge on any atom is 0.416 e. The van der Waals surface area contributed by atoms with Crippen molar-refractivity contribution in [1.29, 1.82) is 0 Å². The molecule has 0 spiro atoms. The molecule has 5 rings (SSSR count). The van der Waals surface area contributed by atoms with Gasteiger partial charge in [0.15, 0.2) is 0 Å². The number of halogens is 7. The van der Waals surface area contributed by atoms with Crippen molar-refractivity contribution in [1.82, 2.24) is 9.88 Å². The molecule has 256 valence electrons. The second-order valence-corrected chi connectivity index (χ2v) is 12.7. The van der Waals surface area contributed by atoms with Crippen LogP contribution in [-0.4, -0.2) is 84.9 Å². The van der Waals surface area contributed by atoms with E-state index in [2.05, 4.69) is 9.88 Å². The number of nitrogens with zero attached hydrogens (tertiary/aromatic N) is 4. The molecular formula is C33H37F7N4O3. The minimum absolute atomic E-state index is 0.0483. The lowest BCUT2D eigenvalue weighted by Gasteiger charge is -2.48. The summed E-state index contributed by atoms with van der Waals surface area (Å²) in [4.78, 5) is 10.2. The average molecular weight is 671 g/mol. The Hall–Kier alpha value is -3.46. The lowest BCUT2D eigenvalue weighted by Crippen LogP contribution is -2.63. The van der Waals surface area contributed by atoms with Crippen LogP contribution in [-0.2, 0) is 22.5 Å². The van der Waals surface area contributed by atoms with Crippen molar-refractivity contribution in [2.24, 2.45) is 0 Å². The van der Waals surface area contributed by atoms with E-state index in [9.17, 15) is 40.9 Å². The molecule has 2 saturated heterocycles. The number of aliphatic hydroxyl groups excluding tert-OH is 2. The minimum Gasteiger partial charge on any atom is -0.394 e. The van der Waals surface area contributed by atoms with Gasteiger partial charge in [0, 0.05) is 37.7 Å². The van der Waals surface area contributed by atoms with Crippen molar-refractivity contribution in [2.75, 3.05) is 56.3 Å². The fourth-order valence-electron chi connectivity index (χ4n) is 6.39. The molecule has 3 aromatic rings. The van der Waals surface area contributed by atoms with Gasteiger partial charge in [0.25, 0.3) is 0 Å². The van der Waals surface area contributed by atoms with E-state index in [1.165, 1.54) is 44.1 Å². The third kappa shape index (κ3) is 7.06. The van der Waals surface area contributed by atoms with E-state index in [0.717, 1.165) is 6.54 Å². The largest absolute Gasteiger partial charge is 0.416 e. The van der Waals surface area contributed by atoms with Gasteiger partial charge in [-0.3, -0.25) is 4.90 Å². The molecule has 0 bridgehead atoms. The van der Waals surface area contributed by atoms with E-state index >= 15 is 0 Å². The number of anilines is 2. The quantitative estimate of drug-likeness (QED) is 0.242. The minimum atomic E-state index is -5.06. The normalized spacial score (nSPS) is 20.2. The van der Waals surface area contributed by atoms with Crippen LogP contribution in [0, 0.1) is 12.7 Å². The Kier molecular flexibility index (Phi) is 9.54. The van der Waals surface area contributed by atoms with Gasteiger partial charge in [0.1, 0.15) is 17.9 Å². The van der Waals surface area contributed by atoms with E-state index < -0.39 is 40.9 Å². The average Bonchev–Trinajstić information content (AvgIpc) is 3.02. The summed E-state index contributed by atoms with van der Waals surface area (Å²) in [5.41, 5.74) is -3.11. The third-order valence-electron chi connectivity index (χ3n) is 9.22. The molecule has 0 aliphatic carbocycles. The molecule has 1 unspecified atom stereocenters. The number of benzene rings is 2. The molecule has 2 fully saturated rings. The molecular weight excluding hydrogens is 633 g/mol. The third-order valence-corrected chi connectivity index (χ3v) is 9.22. The first-order valence-corrected chi connectivity index (χ1v) is 15.1. The molecule has 14 heteroatoms. The summed E-state index contributed by atoms with van der Waals surface area (Å²) in [5.74, 6) is 0.0157. The fraction of sp³-hybridized carbons (Fsp3) is 0.485. The molecule has 2 N–H and O–H groups in total. The Balaban J connectivity index is 1.58. The number of aromatic nitrogens is 1. The fourth-order valence-corrected chi connectivity index (χ4v) is 6.39. The summed E-state index contributed by atoms with van der Waals surface area (Å²) in [5, 5.41) is 21.9. The highest BCUT2D eigenvalue weighted by Gasteiger charge is 2.42. The molecule has 2 aromatic carbocycles. The van der Waals surface area contributed by atoms with Crippen molar-refractivity contribution < 1.29 is 45.7 Å². The van der Waals surface area contributed by atoms with Gasteiger partial charge in [-0.25, -0.2) is 9.37 Å². The van der Waals surface area contributed by atoms with Crippen LogP contribution in [0.15, 0.2) is 48.7 Å². The maximum absolute atomic E-state index is 14.2.